The third kappa shape index (κ3) is 4.97. The van der Waals surface area contributed by atoms with Gasteiger partial charge >= 0.3 is 0 Å². The van der Waals surface area contributed by atoms with Crippen molar-refractivity contribution < 1.29 is 4.74 Å². The lowest BCUT2D eigenvalue weighted by molar-refractivity contribution is -0.0213. The highest BCUT2D eigenvalue weighted by atomic mass is 16.5. The van der Waals surface area contributed by atoms with Crippen LogP contribution in [0, 0.1) is 11.3 Å². The van der Waals surface area contributed by atoms with Crippen LogP contribution in [0.2, 0.25) is 0 Å². The molecule has 0 aliphatic heterocycles. The van der Waals surface area contributed by atoms with Crippen molar-refractivity contribution in [1.82, 2.24) is 0 Å². The summed E-state index contributed by atoms with van der Waals surface area (Å²) in [5, 5.41) is 0. The van der Waals surface area contributed by atoms with Gasteiger partial charge in [-0.25, -0.2) is 0 Å². The van der Waals surface area contributed by atoms with Crippen LogP contribution >= 0.6 is 0 Å². The van der Waals surface area contributed by atoms with Crippen molar-refractivity contribution in [3.8, 4) is 0 Å². The molecule has 86 valence electrons. The molecule has 0 fully saturated rings. The molecule has 0 saturated carbocycles. The van der Waals surface area contributed by atoms with E-state index in [1.807, 2.05) is 0 Å². The van der Waals surface area contributed by atoms with E-state index >= 15 is 0 Å². The average molecular weight is 201 g/mol. The first-order valence-corrected chi connectivity index (χ1v) is 5.55. The zero-order chi connectivity index (χ0) is 11.4. The van der Waals surface area contributed by atoms with Crippen LogP contribution in [-0.2, 0) is 4.74 Å². The van der Waals surface area contributed by atoms with Gasteiger partial charge in [-0.15, -0.1) is 0 Å². The van der Waals surface area contributed by atoms with Gasteiger partial charge in [-0.1, -0.05) is 20.8 Å². The van der Waals surface area contributed by atoms with Gasteiger partial charge in [0.05, 0.1) is 5.60 Å². The van der Waals surface area contributed by atoms with Gasteiger partial charge in [0.15, 0.2) is 0 Å². The van der Waals surface area contributed by atoms with Gasteiger partial charge in [-0.05, 0) is 45.1 Å². The van der Waals surface area contributed by atoms with E-state index in [2.05, 4.69) is 41.5 Å². The van der Waals surface area contributed by atoms with Crippen LogP contribution < -0.4 is 5.73 Å². The maximum Gasteiger partial charge on any atom is 0.0598 e. The molecule has 2 nitrogen and oxygen atoms in total. The molecule has 14 heavy (non-hydrogen) atoms. The Morgan fingerprint density at radius 2 is 1.64 bits per heavy atom. The number of hydrogen-bond donors (Lipinski definition) is 1. The van der Waals surface area contributed by atoms with Crippen molar-refractivity contribution in [2.75, 3.05) is 13.2 Å². The molecule has 0 amide bonds. The monoisotopic (exact) mass is 201 g/mol. The van der Waals surface area contributed by atoms with Gasteiger partial charge < -0.3 is 10.5 Å². The fourth-order valence-corrected chi connectivity index (χ4v) is 1.22. The minimum absolute atomic E-state index is 0.0352. The fourth-order valence-electron chi connectivity index (χ4n) is 1.22. The second-order valence-electron chi connectivity index (χ2n) is 5.72. The van der Waals surface area contributed by atoms with Crippen molar-refractivity contribution in [3.05, 3.63) is 0 Å². The maximum atomic E-state index is 5.80. The highest BCUT2D eigenvalue weighted by molar-refractivity contribution is 4.78. The molecule has 0 aliphatic carbocycles. The Morgan fingerprint density at radius 1 is 1.14 bits per heavy atom. The molecule has 0 bridgehead atoms. The maximum absolute atomic E-state index is 5.80. The van der Waals surface area contributed by atoms with Crippen LogP contribution in [0.4, 0.5) is 0 Å². The zero-order valence-electron chi connectivity index (χ0n) is 10.7. The Bertz CT molecular complexity index is 160. The van der Waals surface area contributed by atoms with Crippen molar-refractivity contribution in [3.63, 3.8) is 0 Å². The normalized spacial score (nSPS) is 17.1. The van der Waals surface area contributed by atoms with Crippen molar-refractivity contribution in [1.29, 1.82) is 0 Å². The standard InChI is InChI=1S/C12H27NO/c1-10(2)12(6,9-13)7-8-14-11(3,4)5/h10H,7-9,13H2,1-6H3. The summed E-state index contributed by atoms with van der Waals surface area (Å²) in [7, 11) is 0. The van der Waals surface area contributed by atoms with Crippen LogP contribution in [0.1, 0.15) is 48.0 Å². The number of nitrogens with two attached hydrogens (primary N) is 1. The summed E-state index contributed by atoms with van der Waals surface area (Å²) >= 11 is 0. The van der Waals surface area contributed by atoms with E-state index in [-0.39, 0.29) is 11.0 Å². The Morgan fingerprint density at radius 3 is 1.93 bits per heavy atom. The second kappa shape index (κ2) is 5.13. The van der Waals surface area contributed by atoms with Crippen molar-refractivity contribution in [2.45, 2.75) is 53.6 Å². The quantitative estimate of drug-likeness (QED) is 0.742. The van der Waals surface area contributed by atoms with Crippen LogP contribution in [0.3, 0.4) is 0 Å². The first kappa shape index (κ1) is 13.9. The Hall–Kier alpha value is -0.0800. The lowest BCUT2D eigenvalue weighted by Crippen LogP contribution is -2.35. The molecule has 0 radical (unpaired) electrons. The van der Waals surface area contributed by atoms with Crippen LogP contribution in [0.5, 0.6) is 0 Å². The number of rotatable bonds is 5. The van der Waals surface area contributed by atoms with Crippen LogP contribution in [0.15, 0.2) is 0 Å². The zero-order valence-corrected chi connectivity index (χ0v) is 10.7. The van der Waals surface area contributed by atoms with E-state index in [9.17, 15) is 0 Å². The molecule has 2 N–H and O–H groups in total. The summed E-state index contributed by atoms with van der Waals surface area (Å²) in [4.78, 5) is 0. The molecular weight excluding hydrogens is 174 g/mol. The summed E-state index contributed by atoms with van der Waals surface area (Å²) in [5.41, 5.74) is 5.98. The van der Waals surface area contributed by atoms with Crippen LogP contribution in [0.25, 0.3) is 0 Å². The largest absolute Gasteiger partial charge is 0.376 e. The molecule has 0 saturated heterocycles. The molecule has 2 heteroatoms. The molecule has 0 heterocycles. The first-order chi connectivity index (χ1) is 6.21. The highest BCUT2D eigenvalue weighted by Crippen LogP contribution is 2.30. The summed E-state index contributed by atoms with van der Waals surface area (Å²) in [6.07, 6.45) is 1.04. The fraction of sp³-hybridized carbons (Fsp3) is 1.00. The van der Waals surface area contributed by atoms with Gasteiger partial charge in [0, 0.05) is 6.61 Å². The minimum atomic E-state index is -0.0352. The van der Waals surface area contributed by atoms with Gasteiger partial charge in [0.2, 0.25) is 0 Å². The van der Waals surface area contributed by atoms with E-state index in [0.717, 1.165) is 19.6 Å². The molecular formula is C12H27NO. The lowest BCUT2D eigenvalue weighted by atomic mass is 9.77. The third-order valence-electron chi connectivity index (χ3n) is 3.07. The summed E-state index contributed by atoms with van der Waals surface area (Å²) in [5.74, 6) is 0.607. The van der Waals surface area contributed by atoms with E-state index in [0.29, 0.717) is 5.92 Å². The molecule has 0 aromatic heterocycles. The summed E-state index contributed by atoms with van der Waals surface area (Å²) in [6.45, 7) is 14.5. The average Bonchev–Trinajstić information content (AvgIpc) is 2.01. The van der Waals surface area contributed by atoms with Crippen molar-refractivity contribution in [2.24, 2.45) is 17.1 Å². The molecule has 0 rings (SSSR count). The number of hydrogen-bond acceptors (Lipinski definition) is 2. The smallest absolute Gasteiger partial charge is 0.0598 e. The Kier molecular flexibility index (Phi) is 5.10. The van der Waals surface area contributed by atoms with Crippen LogP contribution in [-0.4, -0.2) is 18.8 Å². The first-order valence-electron chi connectivity index (χ1n) is 5.55. The van der Waals surface area contributed by atoms with E-state index in [1.165, 1.54) is 0 Å². The number of ether oxygens (including phenoxy) is 1. The topological polar surface area (TPSA) is 35.2 Å². The van der Waals surface area contributed by atoms with Gasteiger partial charge in [0.25, 0.3) is 0 Å². The Labute approximate surface area is 89.2 Å². The van der Waals surface area contributed by atoms with Gasteiger partial charge in [-0.2, -0.15) is 0 Å². The SMILES string of the molecule is CC(C)C(C)(CN)CCOC(C)(C)C. The van der Waals surface area contributed by atoms with Gasteiger partial charge in [-0.3, -0.25) is 0 Å². The molecule has 1 atom stereocenters. The predicted octanol–water partition coefficient (Wildman–Crippen LogP) is 2.81. The van der Waals surface area contributed by atoms with Crippen molar-refractivity contribution >= 4 is 0 Å². The Balaban J connectivity index is 3.97. The molecule has 0 aliphatic rings. The summed E-state index contributed by atoms with van der Waals surface area (Å²) in [6, 6.07) is 0. The molecule has 0 aromatic carbocycles. The van der Waals surface area contributed by atoms with E-state index in [1.54, 1.807) is 0 Å². The molecule has 0 aromatic rings. The van der Waals surface area contributed by atoms with Gasteiger partial charge in [0.1, 0.15) is 0 Å². The predicted molar refractivity (Wildman–Crippen MR) is 62.3 cm³/mol. The van der Waals surface area contributed by atoms with E-state index < -0.39 is 0 Å². The van der Waals surface area contributed by atoms with E-state index in [4.69, 9.17) is 10.5 Å². The highest BCUT2D eigenvalue weighted by Gasteiger charge is 2.26. The minimum Gasteiger partial charge on any atom is -0.376 e. The summed E-state index contributed by atoms with van der Waals surface area (Å²) < 4.78 is 5.72. The molecule has 1 unspecified atom stereocenters. The molecule has 0 spiro atoms. The third-order valence-corrected chi connectivity index (χ3v) is 3.07. The lowest BCUT2D eigenvalue weighted by Gasteiger charge is -2.33. The second-order valence-corrected chi connectivity index (χ2v) is 5.72.